The lowest BCUT2D eigenvalue weighted by molar-refractivity contribution is 0.102. The van der Waals surface area contributed by atoms with Crippen LogP contribution in [0.2, 0.25) is 0 Å². The maximum atomic E-state index is 14.0. The number of fused-ring (bicyclic) bond motifs is 3. The van der Waals surface area contributed by atoms with Crippen LogP contribution in [0.1, 0.15) is 57.0 Å². The second-order valence-corrected chi connectivity index (χ2v) is 11.1. The minimum atomic E-state index is -0.0135. The van der Waals surface area contributed by atoms with Crippen molar-refractivity contribution < 1.29 is 4.79 Å². The van der Waals surface area contributed by atoms with E-state index in [2.05, 4.69) is 0 Å². The van der Waals surface area contributed by atoms with Crippen LogP contribution in [-0.2, 0) is 19.9 Å². The van der Waals surface area contributed by atoms with Crippen molar-refractivity contribution in [2.45, 2.75) is 58.0 Å². The van der Waals surface area contributed by atoms with Gasteiger partial charge in [-0.3, -0.25) is 14.2 Å². The van der Waals surface area contributed by atoms with Crippen molar-refractivity contribution in [1.29, 1.82) is 0 Å². The average molecular weight is 492 g/mol. The first kappa shape index (κ1) is 23.1. The first-order valence-corrected chi connectivity index (χ1v) is 13.6. The van der Waals surface area contributed by atoms with Gasteiger partial charge in [0.2, 0.25) is 0 Å². The summed E-state index contributed by atoms with van der Waals surface area (Å²) in [6.45, 7) is 5.98. The van der Waals surface area contributed by atoms with E-state index in [1.807, 2.05) is 62.7 Å². The van der Waals surface area contributed by atoms with E-state index in [9.17, 15) is 9.59 Å². The van der Waals surface area contributed by atoms with Crippen LogP contribution >= 0.6 is 23.1 Å². The molecule has 0 unspecified atom stereocenters. The Hall–Kier alpha value is -2.64. The van der Waals surface area contributed by atoms with Crippen LogP contribution in [0.15, 0.2) is 40.3 Å². The molecule has 0 saturated carbocycles. The molecule has 0 radical (unpaired) electrons. The summed E-state index contributed by atoms with van der Waals surface area (Å²) >= 11 is 3.02. The molecule has 4 aromatic rings. The van der Waals surface area contributed by atoms with Crippen molar-refractivity contribution in [3.8, 4) is 5.69 Å². The lowest BCUT2D eigenvalue weighted by Gasteiger charge is -2.14. The monoisotopic (exact) mass is 491 g/mol. The molecule has 176 valence electrons. The van der Waals surface area contributed by atoms with E-state index in [4.69, 9.17) is 4.98 Å². The topological polar surface area (TPSA) is 56.9 Å². The molecule has 3 aromatic heterocycles. The van der Waals surface area contributed by atoms with Crippen LogP contribution in [0.4, 0.5) is 0 Å². The number of ketones is 1. The van der Waals surface area contributed by atoms with Gasteiger partial charge in [-0.1, -0.05) is 36.4 Å². The highest BCUT2D eigenvalue weighted by Gasteiger charge is 2.24. The number of nitrogens with zero attached hydrogens (tertiary/aromatic N) is 3. The number of aryl methyl sites for hydroxylation is 4. The van der Waals surface area contributed by atoms with Crippen LogP contribution in [0.3, 0.4) is 0 Å². The van der Waals surface area contributed by atoms with E-state index >= 15 is 0 Å². The number of thiophene rings is 1. The zero-order valence-electron chi connectivity index (χ0n) is 20.1. The highest BCUT2D eigenvalue weighted by Crippen LogP contribution is 2.35. The Morgan fingerprint density at radius 1 is 1.12 bits per heavy atom. The van der Waals surface area contributed by atoms with E-state index in [0.29, 0.717) is 5.16 Å². The Morgan fingerprint density at radius 2 is 1.88 bits per heavy atom. The molecule has 1 aliphatic carbocycles. The molecule has 5 nitrogen and oxygen atoms in total. The van der Waals surface area contributed by atoms with E-state index in [1.54, 1.807) is 15.9 Å². The van der Waals surface area contributed by atoms with E-state index in [0.717, 1.165) is 64.1 Å². The van der Waals surface area contributed by atoms with Crippen LogP contribution < -0.4 is 5.56 Å². The summed E-state index contributed by atoms with van der Waals surface area (Å²) in [6, 6.07) is 9.84. The number of hydrogen-bond donors (Lipinski definition) is 0. The number of rotatable bonds is 5. The molecule has 3 heterocycles. The molecular weight excluding hydrogens is 462 g/mol. The van der Waals surface area contributed by atoms with Crippen LogP contribution in [0.25, 0.3) is 15.9 Å². The number of para-hydroxylation sites is 1. The zero-order chi connectivity index (χ0) is 24.0. The Kier molecular flexibility index (Phi) is 6.25. The fraction of sp³-hybridized carbons (Fsp3) is 0.370. The number of aromatic nitrogens is 3. The third-order valence-electron chi connectivity index (χ3n) is 6.97. The Labute approximate surface area is 207 Å². The summed E-state index contributed by atoms with van der Waals surface area (Å²) in [7, 11) is 1.97. The van der Waals surface area contributed by atoms with Crippen LogP contribution in [-0.4, -0.2) is 25.7 Å². The molecular formula is C27H29N3O2S2. The van der Waals surface area contributed by atoms with E-state index in [1.165, 1.54) is 28.6 Å². The first-order chi connectivity index (χ1) is 16.4. The Morgan fingerprint density at radius 3 is 2.62 bits per heavy atom. The van der Waals surface area contributed by atoms with Gasteiger partial charge in [0, 0.05) is 28.9 Å². The van der Waals surface area contributed by atoms with Gasteiger partial charge in [0.25, 0.3) is 5.56 Å². The van der Waals surface area contributed by atoms with Crippen molar-refractivity contribution in [3.05, 3.63) is 73.6 Å². The van der Waals surface area contributed by atoms with E-state index in [-0.39, 0.29) is 17.1 Å². The highest BCUT2D eigenvalue weighted by molar-refractivity contribution is 7.99. The van der Waals surface area contributed by atoms with Crippen molar-refractivity contribution in [1.82, 2.24) is 14.1 Å². The van der Waals surface area contributed by atoms with Gasteiger partial charge in [-0.05, 0) is 69.7 Å². The molecule has 0 fully saturated rings. The second kappa shape index (κ2) is 9.19. The number of thioether (sulfide) groups is 1. The molecule has 34 heavy (non-hydrogen) atoms. The molecule has 0 bridgehead atoms. The molecule has 0 spiro atoms. The van der Waals surface area contributed by atoms with Gasteiger partial charge in [-0.25, -0.2) is 4.98 Å². The Bertz CT molecular complexity index is 1480. The molecule has 0 aliphatic heterocycles. The van der Waals surface area contributed by atoms with E-state index < -0.39 is 0 Å². The van der Waals surface area contributed by atoms with Gasteiger partial charge in [0.05, 0.1) is 16.8 Å². The summed E-state index contributed by atoms with van der Waals surface area (Å²) in [5.74, 6) is 0.290. The van der Waals surface area contributed by atoms with Crippen molar-refractivity contribution in [2.24, 2.45) is 7.05 Å². The molecule has 0 atom stereocenters. The maximum Gasteiger partial charge on any atom is 0.267 e. The largest absolute Gasteiger partial charge is 0.351 e. The van der Waals surface area contributed by atoms with Gasteiger partial charge in [-0.15, -0.1) is 11.3 Å². The summed E-state index contributed by atoms with van der Waals surface area (Å²) in [5.41, 5.74) is 5.78. The summed E-state index contributed by atoms with van der Waals surface area (Å²) in [5, 5.41) is 1.36. The number of carbonyl (C=O) groups excluding carboxylic acids is 1. The minimum absolute atomic E-state index is 0.0135. The normalized spacial score (nSPS) is 13.8. The SMILES string of the molecule is Cc1ccccc1-n1c(SCC(=O)c2cc(C)n(C)c2C)nc2sc3c(c2c1=O)CCCCC3. The molecule has 5 rings (SSSR count). The molecule has 1 aliphatic rings. The van der Waals surface area contributed by atoms with Gasteiger partial charge < -0.3 is 4.57 Å². The standard InChI is InChI=1S/C27H29N3O2S2/c1-16-10-8-9-12-21(16)30-26(32)24-19-11-6-5-7-13-23(19)34-25(24)28-27(30)33-15-22(31)20-14-17(2)29(4)18(20)3/h8-10,12,14H,5-7,11,13,15H2,1-4H3. The average Bonchev–Trinajstić information content (AvgIpc) is 3.18. The predicted octanol–water partition coefficient (Wildman–Crippen LogP) is 5.95. The third kappa shape index (κ3) is 3.95. The smallest absolute Gasteiger partial charge is 0.267 e. The fourth-order valence-corrected chi connectivity index (χ4v) is 7.02. The predicted molar refractivity (Wildman–Crippen MR) is 141 cm³/mol. The van der Waals surface area contributed by atoms with Crippen molar-refractivity contribution in [3.63, 3.8) is 0 Å². The molecule has 7 heteroatoms. The fourth-order valence-electron chi connectivity index (χ4n) is 4.83. The van der Waals surface area contributed by atoms with Crippen molar-refractivity contribution >= 4 is 39.1 Å². The molecule has 0 amide bonds. The summed E-state index contributed by atoms with van der Waals surface area (Å²) in [6.07, 6.45) is 5.45. The van der Waals surface area contributed by atoms with Crippen molar-refractivity contribution in [2.75, 3.05) is 5.75 Å². The zero-order valence-corrected chi connectivity index (χ0v) is 21.7. The first-order valence-electron chi connectivity index (χ1n) is 11.8. The Balaban J connectivity index is 1.62. The quantitative estimate of drug-likeness (QED) is 0.150. The molecule has 0 saturated heterocycles. The summed E-state index contributed by atoms with van der Waals surface area (Å²) in [4.78, 5) is 34.2. The number of benzene rings is 1. The highest BCUT2D eigenvalue weighted by atomic mass is 32.2. The molecule has 0 N–H and O–H groups in total. The van der Waals surface area contributed by atoms with Gasteiger partial charge >= 0.3 is 0 Å². The number of hydrogen-bond acceptors (Lipinski definition) is 5. The lowest BCUT2D eigenvalue weighted by atomic mass is 10.1. The third-order valence-corrected chi connectivity index (χ3v) is 9.10. The van der Waals surface area contributed by atoms with Crippen LogP contribution in [0, 0.1) is 20.8 Å². The van der Waals surface area contributed by atoms with Crippen LogP contribution in [0.5, 0.6) is 0 Å². The maximum absolute atomic E-state index is 14.0. The lowest BCUT2D eigenvalue weighted by Crippen LogP contribution is -2.23. The van der Waals surface area contributed by atoms with Gasteiger partial charge in [0.15, 0.2) is 10.9 Å². The summed E-state index contributed by atoms with van der Waals surface area (Å²) < 4.78 is 3.76. The molecule has 1 aromatic carbocycles. The number of Topliss-reactive ketones (excluding diaryl/α,β-unsaturated/α-hetero) is 1. The van der Waals surface area contributed by atoms with Gasteiger partial charge in [0.1, 0.15) is 4.83 Å². The van der Waals surface area contributed by atoms with Gasteiger partial charge in [-0.2, -0.15) is 0 Å². The number of carbonyl (C=O) groups is 1. The minimum Gasteiger partial charge on any atom is -0.351 e. The second-order valence-electron chi connectivity index (χ2n) is 9.12.